The van der Waals surface area contributed by atoms with Gasteiger partial charge in [-0.05, 0) is 26.0 Å². The number of aromatic nitrogens is 1. The minimum Gasteiger partial charge on any atom is -0.380 e. The first-order valence-corrected chi connectivity index (χ1v) is 8.23. The van der Waals surface area contributed by atoms with E-state index in [1.165, 1.54) is 16.2 Å². The number of amides is 1. The Labute approximate surface area is 132 Å². The van der Waals surface area contributed by atoms with Crippen molar-refractivity contribution in [1.29, 1.82) is 0 Å². The van der Waals surface area contributed by atoms with Gasteiger partial charge in [-0.15, -0.1) is 22.7 Å². The van der Waals surface area contributed by atoms with Crippen LogP contribution in [0.2, 0.25) is 0 Å². The van der Waals surface area contributed by atoms with Crippen molar-refractivity contribution in [2.24, 2.45) is 5.73 Å². The van der Waals surface area contributed by atoms with E-state index in [1.807, 2.05) is 6.92 Å². The van der Waals surface area contributed by atoms with Crippen LogP contribution in [0, 0.1) is 13.8 Å². The Morgan fingerprint density at radius 2 is 2.19 bits per heavy atom. The molecule has 0 aliphatic carbocycles. The standard InChI is InChI=1S/C14H19N3O2S2/c1-8-4-5-11(20-8)13-9(2)21-14(17-13)16-12(18)6-10(7-15)19-3/h4-5,10H,6-7,15H2,1-3H3,(H,16,17,18). The van der Waals surface area contributed by atoms with Gasteiger partial charge >= 0.3 is 0 Å². The number of nitrogens with one attached hydrogen (secondary N) is 1. The first kappa shape index (κ1) is 16.1. The summed E-state index contributed by atoms with van der Waals surface area (Å²) in [5, 5.41) is 3.43. The fraction of sp³-hybridized carbons (Fsp3) is 0.429. The van der Waals surface area contributed by atoms with Gasteiger partial charge < -0.3 is 15.8 Å². The molecule has 0 saturated heterocycles. The summed E-state index contributed by atoms with van der Waals surface area (Å²) in [5.41, 5.74) is 6.46. The van der Waals surface area contributed by atoms with Crippen molar-refractivity contribution < 1.29 is 9.53 Å². The maximum atomic E-state index is 11.9. The molecule has 0 bridgehead atoms. The maximum Gasteiger partial charge on any atom is 0.228 e. The average Bonchev–Trinajstić information content (AvgIpc) is 3.02. The zero-order valence-electron chi connectivity index (χ0n) is 12.3. The molecule has 0 spiro atoms. The number of methoxy groups -OCH3 is 1. The van der Waals surface area contributed by atoms with Crippen molar-refractivity contribution in [2.45, 2.75) is 26.4 Å². The largest absolute Gasteiger partial charge is 0.380 e. The quantitative estimate of drug-likeness (QED) is 0.856. The molecular weight excluding hydrogens is 306 g/mol. The number of aryl methyl sites for hydroxylation is 2. The van der Waals surface area contributed by atoms with Crippen molar-refractivity contribution in [1.82, 2.24) is 4.98 Å². The molecule has 0 aliphatic heterocycles. The van der Waals surface area contributed by atoms with Crippen LogP contribution in [0.25, 0.3) is 10.6 Å². The molecule has 2 aromatic rings. The van der Waals surface area contributed by atoms with Crippen LogP contribution < -0.4 is 11.1 Å². The summed E-state index contributed by atoms with van der Waals surface area (Å²) in [7, 11) is 1.55. The van der Waals surface area contributed by atoms with Gasteiger partial charge in [0.2, 0.25) is 5.91 Å². The van der Waals surface area contributed by atoms with Gasteiger partial charge in [0.25, 0.3) is 0 Å². The molecule has 0 aliphatic rings. The van der Waals surface area contributed by atoms with Crippen molar-refractivity contribution in [3.05, 3.63) is 21.9 Å². The highest BCUT2D eigenvalue weighted by molar-refractivity contribution is 7.18. The lowest BCUT2D eigenvalue weighted by molar-refractivity contribution is -0.118. The molecule has 7 heteroatoms. The number of hydrogen-bond donors (Lipinski definition) is 2. The molecule has 2 heterocycles. The molecule has 0 fully saturated rings. The fourth-order valence-corrected chi connectivity index (χ4v) is 3.70. The van der Waals surface area contributed by atoms with E-state index in [9.17, 15) is 4.79 Å². The van der Waals surface area contributed by atoms with E-state index in [0.29, 0.717) is 11.7 Å². The highest BCUT2D eigenvalue weighted by Crippen LogP contribution is 2.34. The minimum atomic E-state index is -0.259. The van der Waals surface area contributed by atoms with Crippen LogP contribution in [0.5, 0.6) is 0 Å². The van der Waals surface area contributed by atoms with Crippen molar-refractivity contribution in [3.8, 4) is 10.6 Å². The lowest BCUT2D eigenvalue weighted by Crippen LogP contribution is -2.28. The van der Waals surface area contributed by atoms with Gasteiger partial charge in [-0.1, -0.05) is 0 Å². The van der Waals surface area contributed by atoms with Crippen molar-refractivity contribution in [3.63, 3.8) is 0 Å². The van der Waals surface area contributed by atoms with E-state index < -0.39 is 0 Å². The fourth-order valence-electron chi connectivity index (χ4n) is 1.88. The molecule has 114 valence electrons. The molecule has 1 unspecified atom stereocenters. The number of ether oxygens (including phenoxy) is 1. The molecule has 5 nitrogen and oxygen atoms in total. The van der Waals surface area contributed by atoms with Crippen LogP contribution >= 0.6 is 22.7 Å². The van der Waals surface area contributed by atoms with E-state index in [0.717, 1.165) is 15.4 Å². The van der Waals surface area contributed by atoms with Crippen LogP contribution in [0.1, 0.15) is 16.2 Å². The summed E-state index contributed by atoms with van der Waals surface area (Å²) >= 11 is 3.18. The molecule has 2 aromatic heterocycles. The van der Waals surface area contributed by atoms with Crippen LogP contribution in [0.3, 0.4) is 0 Å². The second-order valence-electron chi connectivity index (χ2n) is 4.68. The number of carbonyl (C=O) groups excluding carboxylic acids is 1. The van der Waals surface area contributed by atoms with Crippen LogP contribution in [-0.4, -0.2) is 30.6 Å². The number of rotatable bonds is 6. The lowest BCUT2D eigenvalue weighted by atomic mass is 10.2. The molecule has 1 amide bonds. The zero-order valence-corrected chi connectivity index (χ0v) is 13.9. The first-order chi connectivity index (χ1) is 10.0. The van der Waals surface area contributed by atoms with Gasteiger partial charge in [-0.25, -0.2) is 4.98 Å². The third-order valence-corrected chi connectivity index (χ3v) is 4.92. The molecule has 0 radical (unpaired) electrons. The molecule has 3 N–H and O–H groups in total. The SMILES string of the molecule is COC(CN)CC(=O)Nc1nc(-c2ccc(C)s2)c(C)s1. The Hall–Kier alpha value is -1.28. The van der Waals surface area contributed by atoms with Gasteiger partial charge in [0.1, 0.15) is 0 Å². The zero-order chi connectivity index (χ0) is 15.4. The van der Waals surface area contributed by atoms with E-state index in [-0.39, 0.29) is 18.4 Å². The summed E-state index contributed by atoms with van der Waals surface area (Å²) in [5.74, 6) is -0.130. The second-order valence-corrected chi connectivity index (χ2v) is 7.17. The van der Waals surface area contributed by atoms with Crippen LogP contribution in [0.4, 0.5) is 5.13 Å². The smallest absolute Gasteiger partial charge is 0.228 e. The van der Waals surface area contributed by atoms with Gasteiger partial charge in [-0.2, -0.15) is 0 Å². The second kappa shape index (κ2) is 7.13. The lowest BCUT2D eigenvalue weighted by Gasteiger charge is -2.11. The summed E-state index contributed by atoms with van der Waals surface area (Å²) < 4.78 is 5.11. The molecule has 1 atom stereocenters. The number of thiazole rings is 1. The number of nitrogens with zero attached hydrogens (tertiary/aromatic N) is 1. The predicted octanol–water partition coefficient (Wildman–Crippen LogP) is 2.79. The third kappa shape index (κ3) is 4.10. The molecule has 0 aromatic carbocycles. The van der Waals surface area contributed by atoms with Gasteiger partial charge in [-0.3, -0.25) is 4.79 Å². The molecule has 2 rings (SSSR count). The van der Waals surface area contributed by atoms with E-state index in [2.05, 4.69) is 29.4 Å². The predicted molar refractivity (Wildman–Crippen MR) is 88.0 cm³/mol. The van der Waals surface area contributed by atoms with Crippen molar-refractivity contribution >= 4 is 33.7 Å². The van der Waals surface area contributed by atoms with Crippen LogP contribution in [-0.2, 0) is 9.53 Å². The Bertz CT molecular complexity index is 618. The van der Waals surface area contributed by atoms with Gasteiger partial charge in [0, 0.05) is 23.4 Å². The summed E-state index contributed by atoms with van der Waals surface area (Å²) in [6.07, 6.45) is -0.0236. The Morgan fingerprint density at radius 3 is 2.76 bits per heavy atom. The highest BCUT2D eigenvalue weighted by atomic mass is 32.1. The number of carbonyl (C=O) groups is 1. The van der Waals surface area contributed by atoms with Gasteiger partial charge in [0.05, 0.1) is 23.1 Å². The first-order valence-electron chi connectivity index (χ1n) is 6.60. The average molecular weight is 325 g/mol. The summed E-state index contributed by atoms with van der Waals surface area (Å²) in [6.45, 7) is 4.40. The van der Waals surface area contributed by atoms with Gasteiger partial charge in [0.15, 0.2) is 5.13 Å². The summed E-state index contributed by atoms with van der Waals surface area (Å²) in [6, 6.07) is 4.13. The number of nitrogens with two attached hydrogens (primary N) is 1. The normalized spacial score (nSPS) is 12.4. The van der Waals surface area contributed by atoms with Crippen molar-refractivity contribution in [2.75, 3.05) is 19.0 Å². The maximum absolute atomic E-state index is 11.9. The highest BCUT2D eigenvalue weighted by Gasteiger charge is 2.16. The molecule has 21 heavy (non-hydrogen) atoms. The number of anilines is 1. The summed E-state index contributed by atoms with van der Waals surface area (Å²) in [4.78, 5) is 19.9. The third-order valence-electron chi connectivity index (χ3n) is 3.03. The van der Waals surface area contributed by atoms with E-state index >= 15 is 0 Å². The topological polar surface area (TPSA) is 77.2 Å². The molecular formula is C14H19N3O2S2. The Morgan fingerprint density at radius 1 is 1.43 bits per heavy atom. The Kier molecular flexibility index (Phi) is 5.46. The minimum absolute atomic E-state index is 0.130. The number of hydrogen-bond acceptors (Lipinski definition) is 6. The molecule has 0 saturated carbocycles. The van der Waals surface area contributed by atoms with E-state index in [4.69, 9.17) is 10.5 Å². The number of thiophene rings is 1. The van der Waals surface area contributed by atoms with Crippen LogP contribution in [0.15, 0.2) is 12.1 Å². The van der Waals surface area contributed by atoms with E-state index in [1.54, 1.807) is 18.4 Å². The monoisotopic (exact) mass is 325 g/mol. The Balaban J connectivity index is 2.07.